The molecule has 0 aromatic carbocycles. The molecule has 0 aliphatic heterocycles. The molecule has 2 aromatic heterocycles. The highest BCUT2D eigenvalue weighted by atomic mass is 16.3. The van der Waals surface area contributed by atoms with Gasteiger partial charge in [-0.15, -0.1) is 0 Å². The molecule has 0 saturated heterocycles. The minimum Gasteiger partial charge on any atom is -0.459 e. The first-order valence-electron chi connectivity index (χ1n) is 9.03. The smallest absolute Gasteiger partial charge is 0.330 e. The number of nitrogen functional groups attached to an aromatic ring is 1. The first-order valence-corrected chi connectivity index (χ1v) is 9.03. The second-order valence-corrected chi connectivity index (χ2v) is 6.27. The molecule has 0 saturated carbocycles. The Hall–Kier alpha value is -3.30. The number of hydrogen-bond acceptors (Lipinski definition) is 6. The zero-order chi connectivity index (χ0) is 20.8. The Morgan fingerprint density at radius 2 is 2.00 bits per heavy atom. The van der Waals surface area contributed by atoms with Gasteiger partial charge in [-0.3, -0.25) is 23.9 Å². The monoisotopic (exact) mass is 391 g/mol. The number of nitrogens with zero attached hydrogens (tertiary/aromatic N) is 3. The highest BCUT2D eigenvalue weighted by Crippen LogP contribution is 2.17. The molecule has 10 heteroatoms. The lowest BCUT2D eigenvalue weighted by Gasteiger charge is -2.25. The molecule has 0 aliphatic carbocycles. The van der Waals surface area contributed by atoms with E-state index in [1.165, 1.54) is 33.7 Å². The molecule has 2 amide bonds. The number of unbranched alkanes of at least 4 members (excludes halogenated alkanes) is 1. The van der Waals surface area contributed by atoms with Crippen molar-refractivity contribution in [3.05, 3.63) is 45.0 Å². The number of nitrogens with one attached hydrogen (secondary N) is 1. The van der Waals surface area contributed by atoms with Crippen LogP contribution in [0.1, 0.15) is 37.2 Å². The van der Waals surface area contributed by atoms with Crippen LogP contribution in [0, 0.1) is 0 Å². The lowest BCUT2D eigenvalue weighted by Crippen LogP contribution is -2.45. The van der Waals surface area contributed by atoms with Gasteiger partial charge in [0.05, 0.1) is 6.26 Å². The Labute approximate surface area is 161 Å². The zero-order valence-electron chi connectivity index (χ0n) is 16.2. The van der Waals surface area contributed by atoms with Gasteiger partial charge in [-0.25, -0.2) is 4.79 Å². The first-order chi connectivity index (χ1) is 13.3. The molecule has 0 bridgehead atoms. The summed E-state index contributed by atoms with van der Waals surface area (Å²) in [6.07, 6.45) is 2.88. The molecule has 2 heterocycles. The molecule has 0 atom stereocenters. The zero-order valence-corrected chi connectivity index (χ0v) is 16.2. The van der Waals surface area contributed by atoms with Crippen LogP contribution in [0.2, 0.25) is 0 Å². The van der Waals surface area contributed by atoms with Gasteiger partial charge in [-0.05, 0) is 25.5 Å². The van der Waals surface area contributed by atoms with Gasteiger partial charge in [0, 0.05) is 20.1 Å². The first kappa shape index (κ1) is 21.0. The van der Waals surface area contributed by atoms with Gasteiger partial charge < -0.3 is 20.0 Å². The number of rotatable bonds is 8. The van der Waals surface area contributed by atoms with Crippen LogP contribution in [0.3, 0.4) is 0 Å². The van der Waals surface area contributed by atoms with Crippen molar-refractivity contribution in [3.63, 3.8) is 0 Å². The van der Waals surface area contributed by atoms with Crippen molar-refractivity contribution in [2.45, 2.75) is 33.2 Å². The fraction of sp³-hybridized carbons (Fsp3) is 0.444. The van der Waals surface area contributed by atoms with Crippen molar-refractivity contribution in [2.24, 2.45) is 0 Å². The highest BCUT2D eigenvalue weighted by molar-refractivity contribution is 6.00. The lowest BCUT2D eigenvalue weighted by atomic mass is 10.3. The van der Waals surface area contributed by atoms with Crippen molar-refractivity contribution in [2.75, 3.05) is 30.8 Å². The van der Waals surface area contributed by atoms with Crippen molar-refractivity contribution in [1.29, 1.82) is 0 Å². The van der Waals surface area contributed by atoms with Crippen LogP contribution in [0.5, 0.6) is 0 Å². The summed E-state index contributed by atoms with van der Waals surface area (Å²) in [4.78, 5) is 54.0. The largest absolute Gasteiger partial charge is 0.459 e. The maximum Gasteiger partial charge on any atom is 0.330 e. The van der Waals surface area contributed by atoms with E-state index in [2.05, 4.69) is 4.98 Å². The average molecular weight is 391 g/mol. The summed E-state index contributed by atoms with van der Waals surface area (Å²) in [7, 11) is 1.45. The Morgan fingerprint density at radius 3 is 2.57 bits per heavy atom. The van der Waals surface area contributed by atoms with E-state index in [0.717, 1.165) is 6.42 Å². The van der Waals surface area contributed by atoms with E-state index in [4.69, 9.17) is 10.2 Å². The van der Waals surface area contributed by atoms with Crippen LogP contribution in [0.15, 0.2) is 32.4 Å². The van der Waals surface area contributed by atoms with Crippen LogP contribution in [0.25, 0.3) is 0 Å². The predicted octanol–water partition coefficient (Wildman–Crippen LogP) is 0.637. The van der Waals surface area contributed by atoms with Crippen molar-refractivity contribution < 1.29 is 14.0 Å². The number of anilines is 2. The maximum atomic E-state index is 12.8. The van der Waals surface area contributed by atoms with Crippen LogP contribution in [0.4, 0.5) is 11.5 Å². The number of amides is 2. The summed E-state index contributed by atoms with van der Waals surface area (Å²) >= 11 is 0. The minimum atomic E-state index is -0.745. The molecule has 10 nitrogen and oxygen atoms in total. The third kappa shape index (κ3) is 4.33. The van der Waals surface area contributed by atoms with E-state index in [1.54, 1.807) is 13.0 Å². The van der Waals surface area contributed by atoms with Crippen molar-refractivity contribution >= 4 is 23.3 Å². The van der Waals surface area contributed by atoms with Gasteiger partial charge in [0.1, 0.15) is 12.4 Å². The molecule has 0 fully saturated rings. The fourth-order valence-corrected chi connectivity index (χ4v) is 2.78. The second kappa shape index (κ2) is 9.07. The number of hydrogen-bond donors (Lipinski definition) is 2. The average Bonchev–Trinajstić information content (AvgIpc) is 3.18. The Bertz CT molecular complexity index is 944. The minimum absolute atomic E-state index is 0.0718. The van der Waals surface area contributed by atoms with Crippen molar-refractivity contribution in [1.82, 2.24) is 14.5 Å². The molecule has 0 radical (unpaired) electrons. The van der Waals surface area contributed by atoms with Crippen molar-refractivity contribution in [3.8, 4) is 0 Å². The van der Waals surface area contributed by atoms with Crippen LogP contribution in [-0.2, 0) is 11.3 Å². The number of carbonyl (C=O) groups is 2. The van der Waals surface area contributed by atoms with Gasteiger partial charge in [0.15, 0.2) is 11.4 Å². The predicted molar refractivity (Wildman–Crippen MR) is 104 cm³/mol. The molecule has 152 valence electrons. The maximum absolute atomic E-state index is 12.8. The molecule has 2 aromatic rings. The Kier molecular flexibility index (Phi) is 6.80. The van der Waals surface area contributed by atoms with Crippen LogP contribution >= 0.6 is 0 Å². The number of nitrogens with two attached hydrogens (primary N) is 1. The van der Waals surface area contributed by atoms with E-state index in [9.17, 15) is 19.2 Å². The third-order valence-electron chi connectivity index (χ3n) is 4.29. The molecular formula is C18H25N5O5. The summed E-state index contributed by atoms with van der Waals surface area (Å²) in [5.41, 5.74) is 4.60. The van der Waals surface area contributed by atoms with Crippen LogP contribution in [-0.4, -0.2) is 46.4 Å². The van der Waals surface area contributed by atoms with E-state index in [-0.39, 0.29) is 30.4 Å². The SMILES string of the molecule is CCCCn1c(N)c(N(CC)C(=O)CN(C)C(=O)c2ccco2)c(=O)[nH]c1=O. The van der Waals surface area contributed by atoms with E-state index in [0.29, 0.717) is 13.0 Å². The summed E-state index contributed by atoms with van der Waals surface area (Å²) < 4.78 is 6.29. The van der Waals surface area contributed by atoms with E-state index >= 15 is 0 Å². The molecule has 0 aliphatic rings. The number of H-pyrrole nitrogens is 1. The quantitative estimate of drug-likeness (QED) is 0.678. The third-order valence-corrected chi connectivity index (χ3v) is 4.29. The topological polar surface area (TPSA) is 135 Å². The number of likely N-dealkylation sites (N-methyl/N-ethyl adjacent to an activating group) is 2. The number of aromatic amines is 1. The van der Waals surface area contributed by atoms with Crippen LogP contribution < -0.4 is 21.9 Å². The second-order valence-electron chi connectivity index (χ2n) is 6.27. The Balaban J connectivity index is 2.31. The number of furan rings is 1. The van der Waals surface area contributed by atoms with Gasteiger partial charge in [-0.1, -0.05) is 13.3 Å². The van der Waals surface area contributed by atoms with Gasteiger partial charge in [0.25, 0.3) is 11.5 Å². The molecule has 28 heavy (non-hydrogen) atoms. The summed E-state index contributed by atoms with van der Waals surface area (Å²) in [6, 6.07) is 3.06. The highest BCUT2D eigenvalue weighted by Gasteiger charge is 2.25. The number of carbonyl (C=O) groups excluding carboxylic acids is 2. The van der Waals surface area contributed by atoms with Gasteiger partial charge >= 0.3 is 5.69 Å². The lowest BCUT2D eigenvalue weighted by molar-refractivity contribution is -0.119. The normalized spacial score (nSPS) is 10.7. The molecule has 2 rings (SSSR count). The van der Waals surface area contributed by atoms with Gasteiger partial charge in [0.2, 0.25) is 5.91 Å². The standard InChI is InChI=1S/C18H25N5O5/c1-4-6-9-23-15(19)14(16(25)20-18(23)27)22(5-2)13(24)11-21(3)17(26)12-8-7-10-28-12/h7-8,10H,4-6,9,11,19H2,1-3H3,(H,20,25,27). The summed E-state index contributed by atoms with van der Waals surface area (Å²) in [5.74, 6) is -0.951. The van der Waals surface area contributed by atoms with E-state index in [1.807, 2.05) is 6.92 Å². The van der Waals surface area contributed by atoms with E-state index < -0.39 is 23.1 Å². The molecule has 0 spiro atoms. The molecule has 0 unspecified atom stereocenters. The fourth-order valence-electron chi connectivity index (χ4n) is 2.78. The summed E-state index contributed by atoms with van der Waals surface area (Å²) in [6.45, 7) is 3.81. The number of aromatic nitrogens is 2. The van der Waals surface area contributed by atoms with Gasteiger partial charge in [-0.2, -0.15) is 0 Å². The Morgan fingerprint density at radius 1 is 1.29 bits per heavy atom. The summed E-state index contributed by atoms with van der Waals surface area (Å²) in [5, 5.41) is 0. The molecule has 3 N–H and O–H groups in total. The molecular weight excluding hydrogens is 366 g/mol.